The highest BCUT2D eigenvalue weighted by Gasteiger charge is 2.18. The lowest BCUT2D eigenvalue weighted by Gasteiger charge is -2.25. The van der Waals surface area contributed by atoms with Gasteiger partial charge in [-0.15, -0.1) is 0 Å². The first-order valence-electron chi connectivity index (χ1n) is 9.03. The second-order valence-electron chi connectivity index (χ2n) is 6.82. The van der Waals surface area contributed by atoms with Crippen molar-refractivity contribution in [3.8, 4) is 0 Å². The number of aromatic amines is 1. The number of carbonyl (C=O) groups is 1. The number of carbonyl (C=O) groups excluding carboxylic acids is 1. The van der Waals surface area contributed by atoms with Crippen LogP contribution in [-0.4, -0.2) is 36.2 Å². The number of para-hydroxylation sites is 1. The number of aromatic nitrogens is 2. The van der Waals surface area contributed by atoms with Crippen LogP contribution < -0.4 is 10.7 Å². The number of rotatable bonds is 6. The fourth-order valence-corrected chi connectivity index (χ4v) is 3.55. The number of aryl methyl sites for hydroxylation is 1. The van der Waals surface area contributed by atoms with E-state index in [9.17, 15) is 18.0 Å². The summed E-state index contributed by atoms with van der Waals surface area (Å²) >= 11 is 0. The summed E-state index contributed by atoms with van der Waals surface area (Å²) in [5.74, 6) is 0.337. The van der Waals surface area contributed by atoms with Gasteiger partial charge in [0.25, 0.3) is 5.56 Å². The molecule has 1 heterocycles. The van der Waals surface area contributed by atoms with Gasteiger partial charge in [-0.2, -0.15) is 0 Å². The predicted octanol–water partition coefficient (Wildman–Crippen LogP) is 1.72. The molecule has 9 heteroatoms. The van der Waals surface area contributed by atoms with E-state index in [0.29, 0.717) is 23.1 Å². The summed E-state index contributed by atoms with van der Waals surface area (Å²) < 4.78 is 22.7. The molecule has 152 valence electrons. The molecule has 0 fully saturated rings. The molecule has 2 aromatic carbocycles. The maximum Gasteiger partial charge on any atom is 0.258 e. The van der Waals surface area contributed by atoms with Crippen LogP contribution in [0.4, 0.5) is 0 Å². The van der Waals surface area contributed by atoms with Gasteiger partial charge in [0.1, 0.15) is 5.82 Å². The summed E-state index contributed by atoms with van der Waals surface area (Å²) in [7, 11) is -2.08. The van der Waals surface area contributed by atoms with Gasteiger partial charge in [-0.3, -0.25) is 9.59 Å². The Bertz CT molecular complexity index is 1200. The lowest BCUT2D eigenvalue weighted by atomic mass is 10.1. The molecule has 0 aliphatic heterocycles. The minimum Gasteiger partial charge on any atom is -0.339 e. The largest absolute Gasteiger partial charge is 0.339 e. The van der Waals surface area contributed by atoms with Gasteiger partial charge >= 0.3 is 0 Å². The zero-order valence-electron chi connectivity index (χ0n) is 16.1. The van der Waals surface area contributed by atoms with Crippen LogP contribution in [0.3, 0.4) is 0 Å². The van der Waals surface area contributed by atoms with E-state index in [-0.39, 0.29) is 28.8 Å². The summed E-state index contributed by atoms with van der Waals surface area (Å²) in [5, 5.41) is 5.62. The van der Waals surface area contributed by atoms with Crippen molar-refractivity contribution in [2.75, 3.05) is 7.05 Å². The van der Waals surface area contributed by atoms with E-state index in [2.05, 4.69) is 9.97 Å². The molecular weight excluding hydrogens is 392 g/mol. The van der Waals surface area contributed by atoms with Gasteiger partial charge in [0, 0.05) is 19.9 Å². The number of hydrogen-bond acceptors (Lipinski definition) is 5. The number of sulfonamides is 1. The van der Waals surface area contributed by atoms with E-state index in [1.165, 1.54) is 12.1 Å². The smallest absolute Gasteiger partial charge is 0.258 e. The molecule has 0 saturated heterocycles. The van der Waals surface area contributed by atoms with Crippen molar-refractivity contribution < 1.29 is 13.2 Å². The molecule has 1 amide bonds. The molecule has 1 aromatic heterocycles. The first kappa shape index (κ1) is 20.7. The minimum absolute atomic E-state index is 0.0220. The molecule has 0 radical (unpaired) electrons. The fourth-order valence-electron chi connectivity index (χ4n) is 3.03. The Hall–Kier alpha value is -3.04. The summed E-state index contributed by atoms with van der Waals surface area (Å²) in [5.41, 5.74) is 1.15. The number of H-pyrrole nitrogens is 1. The average molecular weight is 414 g/mol. The highest BCUT2D eigenvalue weighted by atomic mass is 32.2. The SMILES string of the molecule is CC(c1ccc(S(N)(=O)=O)cc1)N(C)C(=O)CCc1nc2ccccc2c(=O)[nH]1. The van der Waals surface area contributed by atoms with Crippen molar-refractivity contribution in [3.05, 3.63) is 70.3 Å². The zero-order valence-corrected chi connectivity index (χ0v) is 16.9. The normalized spacial score (nSPS) is 12.7. The molecule has 3 N–H and O–H groups in total. The lowest BCUT2D eigenvalue weighted by Crippen LogP contribution is -2.30. The van der Waals surface area contributed by atoms with E-state index < -0.39 is 10.0 Å². The Balaban J connectivity index is 1.68. The minimum atomic E-state index is -3.76. The van der Waals surface area contributed by atoms with Crippen LogP contribution in [-0.2, 0) is 21.2 Å². The van der Waals surface area contributed by atoms with Crippen LogP contribution in [0, 0.1) is 0 Å². The maximum atomic E-state index is 12.6. The van der Waals surface area contributed by atoms with E-state index in [4.69, 9.17) is 5.14 Å². The maximum absolute atomic E-state index is 12.6. The van der Waals surface area contributed by atoms with Gasteiger partial charge in [-0.05, 0) is 36.8 Å². The first-order valence-corrected chi connectivity index (χ1v) is 10.6. The molecule has 0 aliphatic rings. The molecule has 3 rings (SSSR count). The average Bonchev–Trinajstić information content (AvgIpc) is 2.70. The van der Waals surface area contributed by atoms with Crippen molar-refractivity contribution >= 4 is 26.8 Å². The quantitative estimate of drug-likeness (QED) is 0.635. The summed E-state index contributed by atoms with van der Waals surface area (Å²) in [4.78, 5) is 33.4. The molecular formula is C20H22N4O4S. The Morgan fingerprint density at radius 3 is 2.48 bits per heavy atom. The van der Waals surface area contributed by atoms with Crippen LogP contribution in [0.5, 0.6) is 0 Å². The van der Waals surface area contributed by atoms with E-state index >= 15 is 0 Å². The van der Waals surface area contributed by atoms with Crippen molar-refractivity contribution in [1.29, 1.82) is 0 Å². The molecule has 0 aliphatic carbocycles. The van der Waals surface area contributed by atoms with Gasteiger partial charge in [0.2, 0.25) is 15.9 Å². The van der Waals surface area contributed by atoms with Crippen LogP contribution in [0.1, 0.15) is 30.8 Å². The molecule has 3 aromatic rings. The zero-order chi connectivity index (χ0) is 21.2. The van der Waals surface area contributed by atoms with Crippen LogP contribution in [0.25, 0.3) is 10.9 Å². The van der Waals surface area contributed by atoms with E-state index in [1.807, 2.05) is 6.92 Å². The number of hydrogen-bond donors (Lipinski definition) is 2. The summed E-state index contributed by atoms with van der Waals surface area (Å²) in [6, 6.07) is 12.9. The Morgan fingerprint density at radius 2 is 1.83 bits per heavy atom. The fraction of sp³-hybridized carbons (Fsp3) is 0.250. The van der Waals surface area contributed by atoms with Crippen LogP contribution in [0.2, 0.25) is 0 Å². The van der Waals surface area contributed by atoms with Crippen LogP contribution >= 0.6 is 0 Å². The van der Waals surface area contributed by atoms with E-state index in [0.717, 1.165) is 5.56 Å². The van der Waals surface area contributed by atoms with Crippen molar-refractivity contribution in [2.24, 2.45) is 5.14 Å². The number of nitrogens with two attached hydrogens (primary N) is 1. The number of nitrogens with zero attached hydrogens (tertiary/aromatic N) is 2. The van der Waals surface area contributed by atoms with Gasteiger partial charge in [-0.1, -0.05) is 24.3 Å². The van der Waals surface area contributed by atoms with Crippen molar-refractivity contribution in [3.63, 3.8) is 0 Å². The highest BCUT2D eigenvalue weighted by molar-refractivity contribution is 7.89. The third-order valence-corrected chi connectivity index (χ3v) is 5.83. The van der Waals surface area contributed by atoms with Crippen LogP contribution in [0.15, 0.2) is 58.2 Å². The second-order valence-corrected chi connectivity index (χ2v) is 8.39. The Morgan fingerprint density at radius 1 is 1.17 bits per heavy atom. The second kappa shape index (κ2) is 8.14. The molecule has 1 atom stereocenters. The number of nitrogens with one attached hydrogen (secondary N) is 1. The molecule has 1 unspecified atom stereocenters. The van der Waals surface area contributed by atoms with Crippen molar-refractivity contribution in [2.45, 2.75) is 30.7 Å². The molecule has 0 saturated carbocycles. The molecule has 0 bridgehead atoms. The van der Waals surface area contributed by atoms with Gasteiger partial charge < -0.3 is 9.88 Å². The number of fused-ring (bicyclic) bond motifs is 1. The lowest BCUT2D eigenvalue weighted by molar-refractivity contribution is -0.131. The number of primary sulfonamides is 1. The Kier molecular flexibility index (Phi) is 5.81. The van der Waals surface area contributed by atoms with Crippen molar-refractivity contribution in [1.82, 2.24) is 14.9 Å². The number of benzene rings is 2. The third-order valence-electron chi connectivity index (χ3n) is 4.90. The molecule has 29 heavy (non-hydrogen) atoms. The molecule has 0 spiro atoms. The summed E-state index contributed by atoms with van der Waals surface area (Å²) in [6.45, 7) is 1.85. The highest BCUT2D eigenvalue weighted by Crippen LogP contribution is 2.21. The molecule has 8 nitrogen and oxygen atoms in total. The number of amides is 1. The summed E-state index contributed by atoms with van der Waals surface area (Å²) in [6.07, 6.45) is 0.484. The standard InChI is InChI=1S/C20H22N4O4S/c1-13(14-7-9-15(10-8-14)29(21,27)28)24(2)19(25)12-11-18-22-17-6-4-3-5-16(17)20(26)23-18/h3-10,13H,11-12H2,1-2H3,(H2,21,27,28)(H,22,23,26). The first-order chi connectivity index (χ1) is 13.7. The third kappa shape index (κ3) is 4.69. The Labute approximate surface area is 168 Å². The van der Waals surface area contributed by atoms with Gasteiger partial charge in [0.15, 0.2) is 0 Å². The van der Waals surface area contributed by atoms with Gasteiger partial charge in [0.05, 0.1) is 21.8 Å². The van der Waals surface area contributed by atoms with Gasteiger partial charge in [-0.25, -0.2) is 18.5 Å². The predicted molar refractivity (Wildman–Crippen MR) is 110 cm³/mol. The monoisotopic (exact) mass is 414 g/mol. The topological polar surface area (TPSA) is 126 Å². The van der Waals surface area contributed by atoms with E-state index in [1.54, 1.807) is 48.3 Å².